The van der Waals surface area contributed by atoms with E-state index in [1.165, 1.54) is 6.92 Å². The van der Waals surface area contributed by atoms with E-state index in [4.69, 9.17) is 5.26 Å². The molecule has 1 aromatic carbocycles. The SMILES string of the molecule is CC(=O)c1ccccc1-c1nc(C)ccc1C#N. The van der Waals surface area contributed by atoms with Crippen LogP contribution in [0, 0.1) is 18.3 Å². The van der Waals surface area contributed by atoms with Crippen molar-refractivity contribution in [1.29, 1.82) is 5.26 Å². The first-order chi connectivity index (χ1) is 8.63. The second-order valence-corrected chi connectivity index (χ2v) is 4.06. The van der Waals surface area contributed by atoms with Crippen molar-refractivity contribution >= 4 is 5.78 Å². The second-order valence-electron chi connectivity index (χ2n) is 4.06. The molecule has 0 unspecified atom stereocenters. The summed E-state index contributed by atoms with van der Waals surface area (Å²) in [7, 11) is 0. The molecule has 88 valence electrons. The summed E-state index contributed by atoms with van der Waals surface area (Å²) < 4.78 is 0. The molecule has 2 rings (SSSR count). The molecule has 18 heavy (non-hydrogen) atoms. The lowest BCUT2D eigenvalue weighted by molar-refractivity contribution is 0.101. The van der Waals surface area contributed by atoms with Gasteiger partial charge in [-0.05, 0) is 26.0 Å². The average Bonchev–Trinajstić information content (AvgIpc) is 2.38. The summed E-state index contributed by atoms with van der Waals surface area (Å²) in [5, 5.41) is 9.13. The summed E-state index contributed by atoms with van der Waals surface area (Å²) in [5.41, 5.74) is 3.18. The molecule has 2 aromatic rings. The minimum atomic E-state index is -0.0298. The fourth-order valence-electron chi connectivity index (χ4n) is 1.85. The number of hydrogen-bond donors (Lipinski definition) is 0. The Balaban J connectivity index is 2.73. The quantitative estimate of drug-likeness (QED) is 0.753. The van der Waals surface area contributed by atoms with Gasteiger partial charge in [0.25, 0.3) is 0 Å². The van der Waals surface area contributed by atoms with Gasteiger partial charge in [-0.2, -0.15) is 5.26 Å². The van der Waals surface area contributed by atoms with Crippen LogP contribution in [0.4, 0.5) is 0 Å². The number of carbonyl (C=O) groups excluding carboxylic acids is 1. The Morgan fingerprint density at radius 1 is 1.22 bits per heavy atom. The number of rotatable bonds is 2. The third-order valence-electron chi connectivity index (χ3n) is 2.72. The number of pyridine rings is 1. The average molecular weight is 236 g/mol. The van der Waals surface area contributed by atoms with Crippen LogP contribution in [0.3, 0.4) is 0 Å². The van der Waals surface area contributed by atoms with Gasteiger partial charge in [0.1, 0.15) is 6.07 Å². The zero-order valence-electron chi connectivity index (χ0n) is 10.3. The maximum atomic E-state index is 11.6. The van der Waals surface area contributed by atoms with Gasteiger partial charge in [-0.3, -0.25) is 9.78 Å². The molecule has 1 aromatic heterocycles. The van der Waals surface area contributed by atoms with Crippen LogP contribution in [-0.4, -0.2) is 10.8 Å². The monoisotopic (exact) mass is 236 g/mol. The van der Waals surface area contributed by atoms with Crippen LogP contribution in [0.5, 0.6) is 0 Å². The van der Waals surface area contributed by atoms with E-state index in [0.717, 1.165) is 5.69 Å². The van der Waals surface area contributed by atoms with Crippen molar-refractivity contribution in [3.8, 4) is 17.3 Å². The van der Waals surface area contributed by atoms with Gasteiger partial charge in [0.05, 0.1) is 11.3 Å². The lowest BCUT2D eigenvalue weighted by Crippen LogP contribution is -1.99. The van der Waals surface area contributed by atoms with Crippen molar-refractivity contribution in [3.05, 3.63) is 53.2 Å². The lowest BCUT2D eigenvalue weighted by Gasteiger charge is -2.08. The van der Waals surface area contributed by atoms with E-state index in [1.54, 1.807) is 18.2 Å². The summed E-state index contributed by atoms with van der Waals surface area (Å²) in [6.07, 6.45) is 0. The first kappa shape index (κ1) is 12.0. The van der Waals surface area contributed by atoms with Gasteiger partial charge in [0, 0.05) is 16.8 Å². The highest BCUT2D eigenvalue weighted by Gasteiger charge is 2.13. The summed E-state index contributed by atoms with van der Waals surface area (Å²) in [5.74, 6) is -0.0298. The van der Waals surface area contributed by atoms with Crippen molar-refractivity contribution in [2.75, 3.05) is 0 Å². The molecule has 1 heterocycles. The molecule has 0 N–H and O–H groups in total. The van der Waals surface area contributed by atoms with Crippen LogP contribution in [0.2, 0.25) is 0 Å². The fraction of sp³-hybridized carbons (Fsp3) is 0.133. The zero-order valence-corrected chi connectivity index (χ0v) is 10.3. The summed E-state index contributed by atoms with van der Waals surface area (Å²) in [6, 6.07) is 12.9. The number of benzene rings is 1. The van der Waals surface area contributed by atoms with E-state index in [-0.39, 0.29) is 5.78 Å². The molecule has 0 bridgehead atoms. The summed E-state index contributed by atoms with van der Waals surface area (Å²) in [4.78, 5) is 16.0. The molecular weight excluding hydrogens is 224 g/mol. The molecule has 0 spiro atoms. The molecule has 0 radical (unpaired) electrons. The molecule has 3 nitrogen and oxygen atoms in total. The number of aromatic nitrogens is 1. The third kappa shape index (κ3) is 2.14. The molecule has 0 saturated carbocycles. The van der Waals surface area contributed by atoms with Crippen molar-refractivity contribution in [1.82, 2.24) is 4.98 Å². The van der Waals surface area contributed by atoms with Gasteiger partial charge in [0.2, 0.25) is 0 Å². The number of ketones is 1. The normalized spacial score (nSPS) is 9.83. The maximum Gasteiger partial charge on any atom is 0.160 e. The van der Waals surface area contributed by atoms with Crippen LogP contribution in [0.15, 0.2) is 36.4 Å². The molecule has 0 amide bonds. The number of hydrogen-bond acceptors (Lipinski definition) is 3. The molecule has 0 fully saturated rings. The second kappa shape index (κ2) is 4.80. The standard InChI is InChI=1S/C15H12N2O/c1-10-7-8-12(9-16)15(17-10)14-6-4-3-5-13(14)11(2)18/h3-8H,1-2H3. The van der Waals surface area contributed by atoms with Crippen LogP contribution in [0.25, 0.3) is 11.3 Å². The van der Waals surface area contributed by atoms with Gasteiger partial charge >= 0.3 is 0 Å². The van der Waals surface area contributed by atoms with Gasteiger partial charge in [0.15, 0.2) is 5.78 Å². The molecular formula is C15H12N2O. The topological polar surface area (TPSA) is 53.8 Å². The van der Waals surface area contributed by atoms with Crippen molar-refractivity contribution in [2.45, 2.75) is 13.8 Å². The van der Waals surface area contributed by atoms with E-state index < -0.39 is 0 Å². The summed E-state index contributed by atoms with van der Waals surface area (Å²) >= 11 is 0. The number of Topliss-reactive ketones (excluding diaryl/α,β-unsaturated/α-hetero) is 1. The highest BCUT2D eigenvalue weighted by Crippen LogP contribution is 2.25. The van der Waals surface area contributed by atoms with Crippen LogP contribution in [-0.2, 0) is 0 Å². The zero-order chi connectivity index (χ0) is 13.1. The van der Waals surface area contributed by atoms with E-state index in [1.807, 2.05) is 25.1 Å². The Bertz CT molecular complexity index is 654. The van der Waals surface area contributed by atoms with Gasteiger partial charge in [-0.1, -0.05) is 24.3 Å². The van der Waals surface area contributed by atoms with Crippen molar-refractivity contribution < 1.29 is 4.79 Å². The predicted octanol–water partition coefficient (Wildman–Crippen LogP) is 3.13. The molecule has 0 atom stereocenters. The molecule has 0 aliphatic heterocycles. The minimum absolute atomic E-state index is 0.0298. The number of carbonyl (C=O) groups is 1. The van der Waals surface area contributed by atoms with E-state index in [9.17, 15) is 4.79 Å². The third-order valence-corrected chi connectivity index (χ3v) is 2.72. The highest BCUT2D eigenvalue weighted by molar-refractivity contribution is 6.00. The summed E-state index contributed by atoms with van der Waals surface area (Å²) in [6.45, 7) is 3.38. The highest BCUT2D eigenvalue weighted by atomic mass is 16.1. The largest absolute Gasteiger partial charge is 0.294 e. The van der Waals surface area contributed by atoms with Gasteiger partial charge in [-0.15, -0.1) is 0 Å². The van der Waals surface area contributed by atoms with Crippen LogP contribution >= 0.6 is 0 Å². The number of aryl methyl sites for hydroxylation is 1. The van der Waals surface area contributed by atoms with E-state index in [2.05, 4.69) is 11.1 Å². The van der Waals surface area contributed by atoms with Gasteiger partial charge < -0.3 is 0 Å². The maximum absolute atomic E-state index is 11.6. The Labute approximate surface area is 106 Å². The van der Waals surface area contributed by atoms with Gasteiger partial charge in [-0.25, -0.2) is 0 Å². The van der Waals surface area contributed by atoms with Crippen LogP contribution < -0.4 is 0 Å². The predicted molar refractivity (Wildman–Crippen MR) is 69.1 cm³/mol. The van der Waals surface area contributed by atoms with E-state index >= 15 is 0 Å². The fourth-order valence-corrected chi connectivity index (χ4v) is 1.85. The molecule has 0 aliphatic carbocycles. The first-order valence-corrected chi connectivity index (χ1v) is 5.61. The Hall–Kier alpha value is -2.47. The minimum Gasteiger partial charge on any atom is -0.294 e. The number of nitrogens with zero attached hydrogens (tertiary/aromatic N) is 2. The van der Waals surface area contributed by atoms with Crippen LogP contribution in [0.1, 0.15) is 28.5 Å². The van der Waals surface area contributed by atoms with Crippen molar-refractivity contribution in [3.63, 3.8) is 0 Å². The first-order valence-electron chi connectivity index (χ1n) is 5.61. The molecule has 0 aliphatic rings. The Morgan fingerprint density at radius 3 is 2.61 bits per heavy atom. The molecule has 0 saturated heterocycles. The van der Waals surface area contributed by atoms with E-state index in [0.29, 0.717) is 22.4 Å². The smallest absolute Gasteiger partial charge is 0.160 e. The Kier molecular flexibility index (Phi) is 3.20. The lowest BCUT2D eigenvalue weighted by atomic mass is 9.98. The van der Waals surface area contributed by atoms with Crippen molar-refractivity contribution in [2.24, 2.45) is 0 Å². The number of nitriles is 1. The Morgan fingerprint density at radius 2 is 1.94 bits per heavy atom. The molecule has 3 heteroatoms.